The van der Waals surface area contributed by atoms with Crippen LogP contribution in [-0.4, -0.2) is 24.5 Å². The molecule has 0 aromatic heterocycles. The number of carbonyl (C=O) groups excluding carboxylic acids is 2. The molecule has 0 unspecified atom stereocenters. The van der Waals surface area contributed by atoms with E-state index in [0.717, 1.165) is 0 Å². The molecule has 0 spiro atoms. The quantitative estimate of drug-likeness (QED) is 0.779. The second-order valence-electron chi connectivity index (χ2n) is 3.93. The van der Waals surface area contributed by atoms with Gasteiger partial charge >= 0.3 is 6.03 Å². The maximum Gasteiger partial charge on any atom is 0.319 e. The number of rotatable bonds is 2. The average molecular weight is 288 g/mol. The molecule has 0 radical (unpaired) electrons. The highest BCUT2D eigenvalue weighted by atomic mass is 35.5. The Hall–Kier alpha value is -1.46. The number of hydrogen-bond donors (Lipinski definition) is 3. The SMILES string of the molecule is O=C1C[C@@H](NC(=O)Nc2cc(Cl)ccc2Cl)CN1. The standard InChI is InChI=1S/C11H11Cl2N3O2/c12-6-1-2-8(13)9(3-6)16-11(18)15-7-4-10(17)14-5-7/h1-3,7H,4-5H2,(H,14,17)(H2,15,16,18)/t7-/m1/s1. The predicted molar refractivity (Wildman–Crippen MR) is 70.0 cm³/mol. The summed E-state index contributed by atoms with van der Waals surface area (Å²) in [6, 6.07) is 4.17. The molecule has 1 fully saturated rings. The van der Waals surface area contributed by atoms with Gasteiger partial charge in [0.25, 0.3) is 0 Å². The summed E-state index contributed by atoms with van der Waals surface area (Å²) >= 11 is 11.7. The van der Waals surface area contributed by atoms with E-state index in [0.29, 0.717) is 22.3 Å². The van der Waals surface area contributed by atoms with Crippen LogP contribution in [0.25, 0.3) is 0 Å². The number of carbonyl (C=O) groups is 2. The van der Waals surface area contributed by atoms with Crippen molar-refractivity contribution in [2.24, 2.45) is 0 Å². The predicted octanol–water partition coefficient (Wildman–Crippen LogP) is 2.00. The Labute approximate surface area is 114 Å². The van der Waals surface area contributed by atoms with Gasteiger partial charge in [-0.05, 0) is 18.2 Å². The molecule has 0 aliphatic carbocycles. The Morgan fingerprint density at radius 2 is 2.17 bits per heavy atom. The first-order valence-electron chi connectivity index (χ1n) is 5.34. The van der Waals surface area contributed by atoms with E-state index in [2.05, 4.69) is 16.0 Å². The number of hydrogen-bond acceptors (Lipinski definition) is 2. The first-order valence-corrected chi connectivity index (χ1v) is 6.09. The van der Waals surface area contributed by atoms with Crippen molar-refractivity contribution in [3.8, 4) is 0 Å². The van der Waals surface area contributed by atoms with Crippen molar-refractivity contribution in [3.05, 3.63) is 28.2 Å². The molecule has 5 nitrogen and oxygen atoms in total. The van der Waals surface area contributed by atoms with E-state index in [1.165, 1.54) is 0 Å². The van der Waals surface area contributed by atoms with E-state index in [1.807, 2.05) is 0 Å². The Morgan fingerprint density at radius 1 is 1.39 bits per heavy atom. The number of urea groups is 1. The summed E-state index contributed by atoms with van der Waals surface area (Å²) in [6.07, 6.45) is 0.288. The van der Waals surface area contributed by atoms with Gasteiger partial charge in [-0.25, -0.2) is 4.79 Å². The molecule has 1 atom stereocenters. The van der Waals surface area contributed by atoms with Gasteiger partial charge in [0.15, 0.2) is 0 Å². The fraction of sp³-hybridized carbons (Fsp3) is 0.273. The third kappa shape index (κ3) is 3.27. The van der Waals surface area contributed by atoms with E-state index in [1.54, 1.807) is 18.2 Å². The Morgan fingerprint density at radius 3 is 2.83 bits per heavy atom. The highest BCUT2D eigenvalue weighted by molar-refractivity contribution is 6.35. The maximum atomic E-state index is 11.7. The largest absolute Gasteiger partial charge is 0.354 e. The summed E-state index contributed by atoms with van der Waals surface area (Å²) in [5.41, 5.74) is 0.430. The zero-order valence-electron chi connectivity index (χ0n) is 9.30. The molecule has 1 heterocycles. The molecule has 1 saturated heterocycles. The van der Waals surface area contributed by atoms with Crippen LogP contribution in [-0.2, 0) is 4.79 Å². The zero-order chi connectivity index (χ0) is 13.1. The molecule has 1 aliphatic rings. The van der Waals surface area contributed by atoms with Crippen molar-refractivity contribution >= 4 is 40.8 Å². The number of amides is 3. The molecular weight excluding hydrogens is 277 g/mol. The van der Waals surface area contributed by atoms with Crippen molar-refractivity contribution in [2.45, 2.75) is 12.5 Å². The van der Waals surface area contributed by atoms with Crippen LogP contribution in [0, 0.1) is 0 Å². The second-order valence-corrected chi connectivity index (χ2v) is 4.77. The highest BCUT2D eigenvalue weighted by Gasteiger charge is 2.22. The number of halogens is 2. The summed E-state index contributed by atoms with van der Waals surface area (Å²) in [4.78, 5) is 22.6. The van der Waals surface area contributed by atoms with Gasteiger partial charge < -0.3 is 16.0 Å². The topological polar surface area (TPSA) is 70.2 Å². The van der Waals surface area contributed by atoms with E-state index in [4.69, 9.17) is 23.2 Å². The van der Waals surface area contributed by atoms with Gasteiger partial charge in [-0.15, -0.1) is 0 Å². The van der Waals surface area contributed by atoms with Crippen molar-refractivity contribution in [2.75, 3.05) is 11.9 Å². The van der Waals surface area contributed by atoms with Gasteiger partial charge in [-0.3, -0.25) is 4.79 Å². The minimum atomic E-state index is -0.416. The third-order valence-corrected chi connectivity index (χ3v) is 3.05. The number of anilines is 1. The molecule has 1 aromatic carbocycles. The number of nitrogens with one attached hydrogen (secondary N) is 3. The van der Waals surface area contributed by atoms with E-state index in [9.17, 15) is 9.59 Å². The average Bonchev–Trinajstić information content (AvgIpc) is 2.69. The molecule has 7 heteroatoms. The molecule has 0 saturated carbocycles. The van der Waals surface area contributed by atoms with E-state index >= 15 is 0 Å². The summed E-state index contributed by atoms with van der Waals surface area (Å²) in [6.45, 7) is 0.440. The molecule has 3 N–H and O–H groups in total. The van der Waals surface area contributed by atoms with Gasteiger partial charge in [0.05, 0.1) is 16.8 Å². The maximum absolute atomic E-state index is 11.7. The van der Waals surface area contributed by atoms with Gasteiger partial charge in [0, 0.05) is 18.0 Å². The third-order valence-electron chi connectivity index (χ3n) is 2.49. The number of benzene rings is 1. The van der Waals surface area contributed by atoms with E-state index < -0.39 is 6.03 Å². The Balaban J connectivity index is 1.94. The minimum absolute atomic E-state index is 0.0684. The minimum Gasteiger partial charge on any atom is -0.354 e. The van der Waals surface area contributed by atoms with Crippen LogP contribution in [0.3, 0.4) is 0 Å². The molecule has 2 rings (SSSR count). The Kier molecular flexibility index (Phi) is 3.93. The molecule has 3 amide bonds. The fourth-order valence-electron chi connectivity index (χ4n) is 1.64. The van der Waals surface area contributed by atoms with Crippen LogP contribution in [0.2, 0.25) is 10.0 Å². The van der Waals surface area contributed by atoms with Crippen LogP contribution >= 0.6 is 23.2 Å². The molecule has 96 valence electrons. The van der Waals surface area contributed by atoms with Gasteiger partial charge in [-0.1, -0.05) is 23.2 Å². The summed E-state index contributed by atoms with van der Waals surface area (Å²) in [5.74, 6) is -0.0684. The van der Waals surface area contributed by atoms with Crippen LogP contribution in [0.4, 0.5) is 10.5 Å². The summed E-state index contributed by atoms with van der Waals surface area (Å²) in [7, 11) is 0. The molecule has 0 bridgehead atoms. The Bertz CT molecular complexity index is 493. The van der Waals surface area contributed by atoms with Crippen LogP contribution in [0.1, 0.15) is 6.42 Å². The molecule has 18 heavy (non-hydrogen) atoms. The lowest BCUT2D eigenvalue weighted by Gasteiger charge is -2.12. The van der Waals surface area contributed by atoms with Gasteiger partial charge in [-0.2, -0.15) is 0 Å². The van der Waals surface area contributed by atoms with E-state index in [-0.39, 0.29) is 18.4 Å². The summed E-state index contributed by atoms with van der Waals surface area (Å²) < 4.78 is 0. The summed E-state index contributed by atoms with van der Waals surface area (Å²) in [5, 5.41) is 8.76. The first-order chi connectivity index (χ1) is 8.54. The lowest BCUT2D eigenvalue weighted by Crippen LogP contribution is -2.39. The van der Waals surface area contributed by atoms with Gasteiger partial charge in [0.1, 0.15) is 0 Å². The van der Waals surface area contributed by atoms with Crippen molar-refractivity contribution < 1.29 is 9.59 Å². The molecule has 1 aliphatic heterocycles. The highest BCUT2D eigenvalue weighted by Crippen LogP contribution is 2.25. The smallest absolute Gasteiger partial charge is 0.319 e. The zero-order valence-corrected chi connectivity index (χ0v) is 10.8. The van der Waals surface area contributed by atoms with Crippen LogP contribution in [0.15, 0.2) is 18.2 Å². The lowest BCUT2D eigenvalue weighted by molar-refractivity contribution is -0.119. The van der Waals surface area contributed by atoms with Crippen molar-refractivity contribution in [1.29, 1.82) is 0 Å². The molecular formula is C11H11Cl2N3O2. The van der Waals surface area contributed by atoms with Gasteiger partial charge in [0.2, 0.25) is 5.91 Å². The van der Waals surface area contributed by atoms with Crippen LogP contribution < -0.4 is 16.0 Å². The van der Waals surface area contributed by atoms with Crippen LogP contribution in [0.5, 0.6) is 0 Å². The lowest BCUT2D eigenvalue weighted by atomic mass is 10.2. The fourth-order valence-corrected chi connectivity index (χ4v) is 1.98. The van der Waals surface area contributed by atoms with Crippen molar-refractivity contribution in [1.82, 2.24) is 10.6 Å². The first kappa shape index (κ1) is 13.0. The normalized spacial score (nSPS) is 18.3. The molecule has 1 aromatic rings. The monoisotopic (exact) mass is 287 g/mol. The second kappa shape index (κ2) is 5.46. The van der Waals surface area contributed by atoms with Crippen molar-refractivity contribution in [3.63, 3.8) is 0 Å².